The molecule has 1 unspecified atom stereocenters. The normalized spacial score (nSPS) is 13.2. The van der Waals surface area contributed by atoms with Gasteiger partial charge in [0.25, 0.3) is 0 Å². The number of alkyl halides is 3. The second-order valence-corrected chi connectivity index (χ2v) is 5.75. The molecule has 0 fully saturated rings. The van der Waals surface area contributed by atoms with Gasteiger partial charge in [-0.1, -0.05) is 24.3 Å². The zero-order valence-electron chi connectivity index (χ0n) is 15.6. The average Bonchev–Trinajstić information content (AvgIpc) is 2.54. The molecule has 0 aliphatic rings. The lowest BCUT2D eigenvalue weighted by Crippen LogP contribution is -2.29. The predicted octanol–water partition coefficient (Wildman–Crippen LogP) is 5.25. The van der Waals surface area contributed by atoms with Crippen LogP contribution in [0.25, 0.3) is 0 Å². The summed E-state index contributed by atoms with van der Waals surface area (Å²) >= 11 is 0. The summed E-state index contributed by atoms with van der Waals surface area (Å²) in [5.41, 5.74) is 1.28. The van der Waals surface area contributed by atoms with Crippen LogP contribution >= 0.6 is 0 Å². The van der Waals surface area contributed by atoms with Crippen molar-refractivity contribution in [2.24, 2.45) is 0 Å². The molecule has 1 atom stereocenters. The molecule has 0 radical (unpaired) electrons. The highest BCUT2D eigenvalue weighted by Crippen LogP contribution is 2.27. The fourth-order valence-electron chi connectivity index (χ4n) is 1.83. The van der Waals surface area contributed by atoms with Crippen LogP contribution in [0.1, 0.15) is 20.8 Å². The summed E-state index contributed by atoms with van der Waals surface area (Å²) in [6.45, 7) is 8.50. The van der Waals surface area contributed by atoms with Crippen molar-refractivity contribution in [3.8, 4) is 11.5 Å². The fourth-order valence-corrected chi connectivity index (χ4v) is 1.83. The van der Waals surface area contributed by atoms with Crippen molar-refractivity contribution in [1.82, 2.24) is 5.32 Å². The van der Waals surface area contributed by atoms with Gasteiger partial charge in [-0.15, -0.1) is 13.2 Å². The smallest absolute Gasteiger partial charge is 0.489 e. The minimum Gasteiger partial charge on any atom is -0.489 e. The van der Waals surface area contributed by atoms with Gasteiger partial charge in [-0.3, -0.25) is 5.32 Å². The Morgan fingerprint density at radius 2 is 1.89 bits per heavy atom. The Morgan fingerprint density at radius 3 is 2.46 bits per heavy atom. The van der Waals surface area contributed by atoms with Gasteiger partial charge in [0, 0.05) is 23.9 Å². The average molecular weight is 403 g/mol. The van der Waals surface area contributed by atoms with Gasteiger partial charge in [-0.05, 0) is 26.8 Å². The molecule has 0 saturated heterocycles. The Bertz CT molecular complexity index is 757. The summed E-state index contributed by atoms with van der Waals surface area (Å²) in [6.07, 6.45) is -1.49. The van der Waals surface area contributed by atoms with Crippen molar-refractivity contribution in [3.63, 3.8) is 0 Å². The molecule has 0 bridgehead atoms. The molecule has 154 valence electrons. The number of amides is 1. The summed E-state index contributed by atoms with van der Waals surface area (Å²) in [5, 5.41) is 2.51. The summed E-state index contributed by atoms with van der Waals surface area (Å²) < 4.78 is 64.0. The predicted molar refractivity (Wildman–Crippen MR) is 95.4 cm³/mol. The van der Waals surface area contributed by atoms with E-state index < -0.39 is 30.1 Å². The molecular formula is C19H21F4NO4. The number of nitrogens with one attached hydrogen (secondary N) is 1. The van der Waals surface area contributed by atoms with Gasteiger partial charge < -0.3 is 14.2 Å². The van der Waals surface area contributed by atoms with Crippen LogP contribution in [-0.2, 0) is 4.74 Å². The van der Waals surface area contributed by atoms with Crippen molar-refractivity contribution in [3.05, 3.63) is 60.1 Å². The van der Waals surface area contributed by atoms with Crippen molar-refractivity contribution in [2.45, 2.75) is 33.2 Å². The molecule has 0 aromatic heterocycles. The van der Waals surface area contributed by atoms with Gasteiger partial charge in [0.05, 0.1) is 0 Å². The molecule has 0 heterocycles. The van der Waals surface area contributed by atoms with Gasteiger partial charge in [0.1, 0.15) is 30.0 Å². The van der Waals surface area contributed by atoms with Crippen LogP contribution in [0.4, 0.5) is 22.4 Å². The first-order valence-electron chi connectivity index (χ1n) is 8.15. The Labute approximate surface area is 160 Å². The third-order valence-electron chi connectivity index (χ3n) is 2.98. The van der Waals surface area contributed by atoms with E-state index in [4.69, 9.17) is 9.47 Å². The van der Waals surface area contributed by atoms with E-state index in [2.05, 4.69) is 16.6 Å². The molecule has 9 heteroatoms. The van der Waals surface area contributed by atoms with E-state index >= 15 is 0 Å². The van der Waals surface area contributed by atoms with Crippen LogP contribution in [-0.4, -0.2) is 25.2 Å². The maximum absolute atomic E-state index is 13.4. The number of benzene rings is 1. The van der Waals surface area contributed by atoms with Gasteiger partial charge >= 0.3 is 12.5 Å². The number of ether oxygens (including phenoxy) is 3. The summed E-state index contributed by atoms with van der Waals surface area (Å²) in [7, 11) is 0. The van der Waals surface area contributed by atoms with Gasteiger partial charge in [0.2, 0.25) is 0 Å². The Morgan fingerprint density at radius 1 is 1.25 bits per heavy atom. The molecule has 0 spiro atoms. The highest BCUT2D eigenvalue weighted by atomic mass is 19.4. The van der Waals surface area contributed by atoms with E-state index in [0.29, 0.717) is 11.8 Å². The molecule has 1 aromatic rings. The molecule has 0 saturated carbocycles. The molecular weight excluding hydrogens is 382 g/mol. The number of carbonyl (C=O) groups excluding carboxylic acids is 1. The van der Waals surface area contributed by atoms with E-state index in [1.165, 1.54) is 6.92 Å². The molecule has 0 aliphatic carbocycles. The summed E-state index contributed by atoms with van der Waals surface area (Å²) in [6, 6.07) is 2.34. The topological polar surface area (TPSA) is 56.8 Å². The van der Waals surface area contributed by atoms with E-state index in [-0.39, 0.29) is 12.4 Å². The van der Waals surface area contributed by atoms with E-state index in [1.54, 1.807) is 32.1 Å². The first-order valence-corrected chi connectivity index (χ1v) is 8.15. The third-order valence-corrected chi connectivity index (χ3v) is 2.98. The molecule has 0 aliphatic heterocycles. The standard InChI is InChI=1S/C19H21F4NO4/c1-5-15(7-6-12(2)3)24-18(25)27-13(4)11-26-16-8-14(20)9-17(10-16)28-19(21,22)23/h5-10,13H,2,11H2,1,3-4H3,(H,24,25)/b7-6-,15-5?. The van der Waals surface area contributed by atoms with Gasteiger partial charge in [-0.2, -0.15) is 0 Å². The van der Waals surface area contributed by atoms with E-state index in [1.807, 2.05) is 0 Å². The molecule has 28 heavy (non-hydrogen) atoms. The van der Waals surface area contributed by atoms with Crippen LogP contribution in [0.5, 0.6) is 11.5 Å². The summed E-state index contributed by atoms with van der Waals surface area (Å²) in [4.78, 5) is 11.9. The lowest BCUT2D eigenvalue weighted by molar-refractivity contribution is -0.274. The lowest BCUT2D eigenvalue weighted by atomic mass is 10.3. The minimum absolute atomic E-state index is 0.200. The number of allylic oxidation sites excluding steroid dienone is 4. The summed E-state index contributed by atoms with van der Waals surface area (Å²) in [5.74, 6) is -1.92. The number of hydrogen-bond donors (Lipinski definition) is 1. The number of hydrogen-bond acceptors (Lipinski definition) is 4. The fraction of sp³-hybridized carbons (Fsp3) is 0.316. The van der Waals surface area contributed by atoms with Gasteiger partial charge in [0.15, 0.2) is 0 Å². The van der Waals surface area contributed by atoms with Crippen molar-refractivity contribution in [2.75, 3.05) is 6.61 Å². The SMILES string of the molecule is C=C(C)/C=C\C(=CC)NC(=O)OC(C)COc1cc(F)cc(OC(F)(F)F)c1. The molecule has 1 aromatic carbocycles. The maximum Gasteiger partial charge on any atom is 0.573 e. The highest BCUT2D eigenvalue weighted by Gasteiger charge is 2.31. The number of rotatable bonds is 8. The third kappa shape index (κ3) is 9.65. The second-order valence-electron chi connectivity index (χ2n) is 5.75. The minimum atomic E-state index is -4.96. The molecule has 1 rings (SSSR count). The largest absolute Gasteiger partial charge is 0.573 e. The highest BCUT2D eigenvalue weighted by molar-refractivity contribution is 5.70. The zero-order valence-corrected chi connectivity index (χ0v) is 15.6. The first-order chi connectivity index (χ1) is 13.0. The Kier molecular flexibility index (Phi) is 8.56. The molecule has 1 N–H and O–H groups in total. The Hall–Kier alpha value is -2.97. The zero-order chi connectivity index (χ0) is 21.3. The van der Waals surface area contributed by atoms with Crippen molar-refractivity contribution >= 4 is 6.09 Å². The van der Waals surface area contributed by atoms with Crippen LogP contribution in [0.3, 0.4) is 0 Å². The quantitative estimate of drug-likeness (QED) is 0.476. The van der Waals surface area contributed by atoms with Crippen LogP contribution in [0.2, 0.25) is 0 Å². The van der Waals surface area contributed by atoms with Crippen molar-refractivity contribution < 1.29 is 36.6 Å². The van der Waals surface area contributed by atoms with Crippen LogP contribution in [0, 0.1) is 5.82 Å². The van der Waals surface area contributed by atoms with Gasteiger partial charge in [-0.25, -0.2) is 9.18 Å². The number of halogens is 4. The van der Waals surface area contributed by atoms with E-state index in [9.17, 15) is 22.4 Å². The lowest BCUT2D eigenvalue weighted by Gasteiger charge is -2.16. The van der Waals surface area contributed by atoms with Crippen LogP contribution < -0.4 is 14.8 Å². The van der Waals surface area contributed by atoms with E-state index in [0.717, 1.165) is 17.7 Å². The van der Waals surface area contributed by atoms with Crippen molar-refractivity contribution in [1.29, 1.82) is 0 Å². The second kappa shape index (κ2) is 10.4. The first kappa shape index (κ1) is 23.1. The number of alkyl carbamates (subject to hydrolysis) is 1. The Balaban J connectivity index is 2.59. The maximum atomic E-state index is 13.4. The molecule has 1 amide bonds. The monoisotopic (exact) mass is 403 g/mol. The number of carbonyl (C=O) groups is 1. The van der Waals surface area contributed by atoms with Crippen LogP contribution in [0.15, 0.2) is 54.3 Å². The molecule has 5 nitrogen and oxygen atoms in total.